The molecule has 0 aliphatic rings. The number of nitrogens with zero attached hydrogens (tertiary/aromatic N) is 2. The highest BCUT2D eigenvalue weighted by atomic mass is 35.5. The molecule has 2 aromatic heterocycles. The van der Waals surface area contributed by atoms with E-state index < -0.39 is 0 Å². The number of nitrogens with two attached hydrogens (primary N) is 1. The molecule has 2 rings (SSSR count). The van der Waals surface area contributed by atoms with Crippen molar-refractivity contribution in [1.29, 1.82) is 0 Å². The predicted molar refractivity (Wildman–Crippen MR) is 66.9 cm³/mol. The van der Waals surface area contributed by atoms with E-state index >= 15 is 0 Å². The molecule has 3 nitrogen and oxygen atoms in total. The molecule has 86 valence electrons. The van der Waals surface area contributed by atoms with Crippen LogP contribution in [0, 0.1) is 0 Å². The Hall–Kier alpha value is -1.06. The van der Waals surface area contributed by atoms with E-state index in [1.807, 2.05) is 29.7 Å². The van der Waals surface area contributed by atoms with Crippen LogP contribution in [-0.4, -0.2) is 9.38 Å². The fourth-order valence-corrected chi connectivity index (χ4v) is 2.08. The number of halogens is 1. The molecule has 2 N–H and O–H groups in total. The molecule has 1 atom stereocenters. The van der Waals surface area contributed by atoms with E-state index in [0.29, 0.717) is 11.1 Å². The van der Waals surface area contributed by atoms with E-state index in [1.165, 1.54) is 0 Å². The van der Waals surface area contributed by atoms with Gasteiger partial charge >= 0.3 is 0 Å². The average molecular weight is 238 g/mol. The highest BCUT2D eigenvalue weighted by Gasteiger charge is 2.13. The molecular weight excluding hydrogens is 222 g/mol. The lowest BCUT2D eigenvalue weighted by Crippen LogP contribution is -2.05. The Morgan fingerprint density at radius 1 is 1.31 bits per heavy atom. The third kappa shape index (κ3) is 1.81. The van der Waals surface area contributed by atoms with Gasteiger partial charge in [-0.1, -0.05) is 31.5 Å². The lowest BCUT2D eigenvalue weighted by molar-refractivity contribution is 0.808. The van der Waals surface area contributed by atoms with Crippen LogP contribution in [0.5, 0.6) is 0 Å². The quantitative estimate of drug-likeness (QED) is 0.872. The van der Waals surface area contributed by atoms with Gasteiger partial charge in [0.25, 0.3) is 0 Å². The molecule has 0 saturated carbocycles. The number of imidazole rings is 1. The van der Waals surface area contributed by atoms with Crippen molar-refractivity contribution in [3.63, 3.8) is 0 Å². The summed E-state index contributed by atoms with van der Waals surface area (Å²) in [6.45, 7) is 6.12. The molecule has 4 heteroatoms. The van der Waals surface area contributed by atoms with Gasteiger partial charge in [0.2, 0.25) is 0 Å². The first-order chi connectivity index (χ1) is 7.50. The van der Waals surface area contributed by atoms with Gasteiger partial charge in [-0.05, 0) is 24.5 Å². The van der Waals surface area contributed by atoms with E-state index in [0.717, 1.165) is 16.9 Å². The summed E-state index contributed by atoms with van der Waals surface area (Å²) in [5.41, 5.74) is 8.71. The SMILES string of the molecule is CC(C)c1nc2ccc(C(C)N)cn2c1Cl. The molecule has 2 heterocycles. The molecule has 0 amide bonds. The van der Waals surface area contributed by atoms with E-state index in [9.17, 15) is 0 Å². The topological polar surface area (TPSA) is 43.3 Å². The van der Waals surface area contributed by atoms with Gasteiger partial charge in [-0.2, -0.15) is 0 Å². The summed E-state index contributed by atoms with van der Waals surface area (Å²) in [6.07, 6.45) is 1.96. The average Bonchev–Trinajstić information content (AvgIpc) is 2.56. The van der Waals surface area contributed by atoms with Crippen LogP contribution in [0.15, 0.2) is 18.3 Å². The smallest absolute Gasteiger partial charge is 0.138 e. The molecular formula is C12H16ClN3. The van der Waals surface area contributed by atoms with Gasteiger partial charge < -0.3 is 5.73 Å². The summed E-state index contributed by atoms with van der Waals surface area (Å²) in [5.74, 6) is 0.325. The monoisotopic (exact) mass is 237 g/mol. The summed E-state index contributed by atoms with van der Waals surface area (Å²) in [7, 11) is 0. The Balaban J connectivity index is 2.64. The van der Waals surface area contributed by atoms with Crippen LogP contribution in [0.3, 0.4) is 0 Å². The van der Waals surface area contributed by atoms with Crippen LogP contribution >= 0.6 is 11.6 Å². The van der Waals surface area contributed by atoms with E-state index in [-0.39, 0.29) is 6.04 Å². The fourth-order valence-electron chi connectivity index (χ4n) is 1.69. The zero-order chi connectivity index (χ0) is 11.9. The Labute approximate surface area is 100 Å². The van der Waals surface area contributed by atoms with Crippen LogP contribution in [0.25, 0.3) is 5.65 Å². The van der Waals surface area contributed by atoms with E-state index in [2.05, 4.69) is 18.8 Å². The van der Waals surface area contributed by atoms with Crippen LogP contribution in [0.1, 0.15) is 44.0 Å². The van der Waals surface area contributed by atoms with Gasteiger partial charge in [0.1, 0.15) is 10.8 Å². The zero-order valence-corrected chi connectivity index (χ0v) is 10.5. The second kappa shape index (κ2) is 4.07. The first kappa shape index (κ1) is 11.4. The Kier molecular flexibility index (Phi) is 2.91. The number of aromatic nitrogens is 2. The van der Waals surface area contributed by atoms with Crippen molar-refractivity contribution in [2.24, 2.45) is 5.73 Å². The van der Waals surface area contributed by atoms with Gasteiger partial charge in [-0.25, -0.2) is 4.98 Å². The molecule has 16 heavy (non-hydrogen) atoms. The van der Waals surface area contributed by atoms with Gasteiger partial charge in [-0.15, -0.1) is 0 Å². The second-order valence-corrected chi connectivity index (χ2v) is 4.78. The molecule has 0 aliphatic heterocycles. The first-order valence-corrected chi connectivity index (χ1v) is 5.81. The van der Waals surface area contributed by atoms with Crippen molar-refractivity contribution in [2.45, 2.75) is 32.7 Å². The highest BCUT2D eigenvalue weighted by molar-refractivity contribution is 6.30. The molecule has 2 aromatic rings. The molecule has 0 saturated heterocycles. The van der Waals surface area contributed by atoms with Crippen LogP contribution in [0.2, 0.25) is 5.15 Å². The van der Waals surface area contributed by atoms with Crippen molar-refractivity contribution >= 4 is 17.2 Å². The standard InChI is InChI=1S/C12H16ClN3/c1-7(2)11-12(13)16-6-9(8(3)14)4-5-10(16)15-11/h4-8H,14H2,1-3H3. The number of rotatable bonds is 2. The number of fused-ring (bicyclic) bond motifs is 1. The second-order valence-electron chi connectivity index (χ2n) is 4.42. The maximum Gasteiger partial charge on any atom is 0.138 e. The number of hydrogen-bond acceptors (Lipinski definition) is 2. The molecule has 0 fully saturated rings. The molecule has 0 bridgehead atoms. The van der Waals surface area contributed by atoms with Crippen LogP contribution in [0.4, 0.5) is 0 Å². The van der Waals surface area contributed by atoms with Crippen molar-refractivity contribution in [1.82, 2.24) is 9.38 Å². The predicted octanol–water partition coefficient (Wildman–Crippen LogP) is 3.13. The molecule has 0 spiro atoms. The van der Waals surface area contributed by atoms with Gasteiger partial charge in [-0.3, -0.25) is 4.40 Å². The lowest BCUT2D eigenvalue weighted by atomic mass is 10.1. The summed E-state index contributed by atoms with van der Waals surface area (Å²) < 4.78 is 1.90. The van der Waals surface area contributed by atoms with Crippen LogP contribution in [-0.2, 0) is 0 Å². The Morgan fingerprint density at radius 3 is 2.56 bits per heavy atom. The fraction of sp³-hybridized carbons (Fsp3) is 0.417. The van der Waals surface area contributed by atoms with Crippen molar-refractivity contribution in [2.75, 3.05) is 0 Å². The first-order valence-electron chi connectivity index (χ1n) is 5.43. The number of pyridine rings is 1. The zero-order valence-electron chi connectivity index (χ0n) is 9.74. The summed E-state index contributed by atoms with van der Waals surface area (Å²) in [4.78, 5) is 4.50. The maximum absolute atomic E-state index is 6.29. The molecule has 1 unspecified atom stereocenters. The van der Waals surface area contributed by atoms with Crippen molar-refractivity contribution in [3.05, 3.63) is 34.7 Å². The highest BCUT2D eigenvalue weighted by Crippen LogP contribution is 2.25. The Bertz CT molecular complexity index is 514. The third-order valence-electron chi connectivity index (χ3n) is 2.68. The van der Waals surface area contributed by atoms with E-state index in [4.69, 9.17) is 17.3 Å². The molecule has 0 radical (unpaired) electrons. The van der Waals surface area contributed by atoms with Gasteiger partial charge in [0, 0.05) is 12.2 Å². The molecule has 0 aromatic carbocycles. The number of hydrogen-bond donors (Lipinski definition) is 1. The normalized spacial score (nSPS) is 13.6. The summed E-state index contributed by atoms with van der Waals surface area (Å²) in [5, 5.41) is 0.688. The van der Waals surface area contributed by atoms with Gasteiger partial charge in [0.15, 0.2) is 0 Å². The molecule has 0 aliphatic carbocycles. The minimum Gasteiger partial charge on any atom is -0.324 e. The minimum absolute atomic E-state index is 0.00497. The maximum atomic E-state index is 6.29. The summed E-state index contributed by atoms with van der Waals surface area (Å²) in [6, 6.07) is 3.95. The third-order valence-corrected chi connectivity index (χ3v) is 3.06. The van der Waals surface area contributed by atoms with E-state index in [1.54, 1.807) is 0 Å². The van der Waals surface area contributed by atoms with Crippen LogP contribution < -0.4 is 5.73 Å². The Morgan fingerprint density at radius 2 is 2.00 bits per heavy atom. The van der Waals surface area contributed by atoms with Gasteiger partial charge in [0.05, 0.1) is 5.69 Å². The van der Waals surface area contributed by atoms with Crippen molar-refractivity contribution < 1.29 is 0 Å². The van der Waals surface area contributed by atoms with Crippen molar-refractivity contribution in [3.8, 4) is 0 Å². The lowest BCUT2D eigenvalue weighted by Gasteiger charge is -2.06. The minimum atomic E-state index is 0.00497. The summed E-state index contributed by atoms with van der Waals surface area (Å²) >= 11 is 6.29. The largest absolute Gasteiger partial charge is 0.324 e.